The summed E-state index contributed by atoms with van der Waals surface area (Å²) in [5.74, 6) is -0.521. The molecule has 0 atom stereocenters. The Morgan fingerprint density at radius 3 is 2.64 bits per heavy atom. The van der Waals surface area contributed by atoms with E-state index >= 15 is 0 Å². The average Bonchev–Trinajstić information content (AvgIpc) is 3.48. The molecule has 33 heavy (non-hydrogen) atoms. The van der Waals surface area contributed by atoms with Crippen molar-refractivity contribution in [3.63, 3.8) is 0 Å². The van der Waals surface area contributed by atoms with Gasteiger partial charge in [-0.3, -0.25) is 4.79 Å². The van der Waals surface area contributed by atoms with Crippen molar-refractivity contribution in [2.45, 2.75) is 0 Å². The number of aromatic nitrogens is 5. The number of carbonyl (C=O) groups is 1. The van der Waals surface area contributed by atoms with E-state index in [4.69, 9.17) is 4.42 Å². The van der Waals surface area contributed by atoms with Gasteiger partial charge in [-0.2, -0.15) is 4.98 Å². The normalized spacial score (nSPS) is 11.0. The fourth-order valence-corrected chi connectivity index (χ4v) is 3.22. The lowest BCUT2D eigenvalue weighted by Gasteiger charge is -2.06. The molecule has 5 aromatic rings. The zero-order chi connectivity index (χ0) is 22.9. The van der Waals surface area contributed by atoms with E-state index in [0.29, 0.717) is 17.5 Å². The molecule has 10 heteroatoms. The number of hydrogen-bond acceptors (Lipinski definition) is 7. The van der Waals surface area contributed by atoms with E-state index in [1.54, 1.807) is 31.4 Å². The SMILES string of the molecule is CN(C)c1ncc(C(=O)Nc2ccc(F)c(-c3nc4ncc(-c5ccccc5)cn4n3)c2)o1. The van der Waals surface area contributed by atoms with Crippen LogP contribution in [0.2, 0.25) is 0 Å². The molecule has 5 rings (SSSR count). The van der Waals surface area contributed by atoms with Crippen LogP contribution < -0.4 is 10.2 Å². The highest BCUT2D eigenvalue weighted by Crippen LogP contribution is 2.25. The smallest absolute Gasteiger partial charge is 0.297 e. The second-order valence-electron chi connectivity index (χ2n) is 7.44. The van der Waals surface area contributed by atoms with Gasteiger partial charge in [0.2, 0.25) is 5.76 Å². The molecule has 9 nitrogen and oxygen atoms in total. The number of nitrogens with one attached hydrogen (secondary N) is 1. The van der Waals surface area contributed by atoms with Gasteiger partial charge < -0.3 is 14.6 Å². The summed E-state index contributed by atoms with van der Waals surface area (Å²) in [5.41, 5.74) is 2.32. The Labute approximate surface area is 187 Å². The number of amides is 1. The second-order valence-corrected chi connectivity index (χ2v) is 7.44. The Hall–Kier alpha value is -4.60. The Bertz CT molecular complexity index is 1460. The van der Waals surface area contributed by atoms with Gasteiger partial charge in [-0.25, -0.2) is 18.9 Å². The van der Waals surface area contributed by atoms with E-state index in [-0.39, 0.29) is 17.1 Å². The van der Waals surface area contributed by atoms with E-state index in [1.807, 2.05) is 30.3 Å². The zero-order valence-electron chi connectivity index (χ0n) is 17.7. The largest absolute Gasteiger partial charge is 0.418 e. The number of benzene rings is 2. The lowest BCUT2D eigenvalue weighted by atomic mass is 10.1. The maximum Gasteiger partial charge on any atom is 0.297 e. The Kier molecular flexibility index (Phi) is 5.02. The molecule has 3 heterocycles. The summed E-state index contributed by atoms with van der Waals surface area (Å²) in [6, 6.07) is 14.2. The highest BCUT2D eigenvalue weighted by Gasteiger charge is 2.17. The molecule has 0 saturated carbocycles. The van der Waals surface area contributed by atoms with Gasteiger partial charge in [0.25, 0.3) is 17.7 Å². The fraction of sp³-hybridized carbons (Fsp3) is 0.0870. The van der Waals surface area contributed by atoms with Gasteiger partial charge in [-0.05, 0) is 23.8 Å². The van der Waals surface area contributed by atoms with Crippen LogP contribution in [0.15, 0.2) is 71.5 Å². The van der Waals surface area contributed by atoms with Crippen LogP contribution in [0, 0.1) is 5.82 Å². The predicted molar refractivity (Wildman–Crippen MR) is 120 cm³/mol. The third-order valence-electron chi connectivity index (χ3n) is 4.87. The molecule has 0 saturated heterocycles. The van der Waals surface area contributed by atoms with Gasteiger partial charge in [-0.15, -0.1) is 5.10 Å². The first kappa shape index (κ1) is 20.3. The van der Waals surface area contributed by atoms with Crippen LogP contribution >= 0.6 is 0 Å². The van der Waals surface area contributed by atoms with Crippen LogP contribution in [0.4, 0.5) is 16.1 Å². The van der Waals surface area contributed by atoms with Crippen molar-refractivity contribution in [2.24, 2.45) is 0 Å². The Morgan fingerprint density at radius 1 is 1.06 bits per heavy atom. The molecule has 2 aromatic carbocycles. The molecule has 0 spiro atoms. The van der Waals surface area contributed by atoms with Crippen LogP contribution in [-0.2, 0) is 0 Å². The first-order valence-corrected chi connectivity index (χ1v) is 10.0. The number of rotatable bonds is 5. The highest BCUT2D eigenvalue weighted by molar-refractivity contribution is 6.02. The first-order valence-electron chi connectivity index (χ1n) is 10.0. The van der Waals surface area contributed by atoms with Crippen molar-refractivity contribution in [3.8, 4) is 22.5 Å². The van der Waals surface area contributed by atoms with Gasteiger partial charge in [-0.1, -0.05) is 30.3 Å². The highest BCUT2D eigenvalue weighted by atomic mass is 19.1. The van der Waals surface area contributed by atoms with Crippen molar-refractivity contribution < 1.29 is 13.6 Å². The van der Waals surface area contributed by atoms with Crippen molar-refractivity contribution in [1.82, 2.24) is 24.6 Å². The number of hydrogen-bond donors (Lipinski definition) is 1. The standard InChI is InChI=1S/C23H18FN7O2/c1-30(2)23-26-12-19(33-23)21(32)27-16-8-9-18(24)17(10-16)20-28-22-25-11-15(13-31(22)29-20)14-6-4-3-5-7-14/h3-13H,1-2H3,(H,27,32). The third kappa shape index (κ3) is 4.01. The maximum absolute atomic E-state index is 14.6. The molecule has 1 N–H and O–H groups in total. The van der Waals surface area contributed by atoms with Gasteiger partial charge in [0, 0.05) is 37.7 Å². The summed E-state index contributed by atoms with van der Waals surface area (Å²) in [7, 11) is 3.50. The number of oxazole rings is 1. The number of nitrogens with zero attached hydrogens (tertiary/aromatic N) is 6. The second kappa shape index (κ2) is 8.15. The number of carbonyl (C=O) groups excluding carboxylic acids is 1. The van der Waals surface area contributed by atoms with Gasteiger partial charge in [0.15, 0.2) is 5.82 Å². The van der Waals surface area contributed by atoms with Crippen LogP contribution in [-0.4, -0.2) is 44.6 Å². The van der Waals surface area contributed by atoms with Gasteiger partial charge >= 0.3 is 0 Å². The summed E-state index contributed by atoms with van der Waals surface area (Å²) in [5, 5.41) is 7.06. The van der Waals surface area contributed by atoms with Crippen LogP contribution in [0.25, 0.3) is 28.3 Å². The van der Waals surface area contributed by atoms with Crippen LogP contribution in [0.3, 0.4) is 0 Å². The Balaban J connectivity index is 1.44. The van der Waals surface area contributed by atoms with Crippen molar-refractivity contribution in [3.05, 3.63) is 78.7 Å². The van der Waals surface area contributed by atoms with E-state index in [2.05, 4.69) is 25.4 Å². The molecule has 0 aliphatic carbocycles. The lowest BCUT2D eigenvalue weighted by molar-refractivity contribution is 0.0997. The van der Waals surface area contributed by atoms with E-state index < -0.39 is 11.7 Å². The molecule has 0 radical (unpaired) electrons. The first-order chi connectivity index (χ1) is 16.0. The van der Waals surface area contributed by atoms with E-state index in [9.17, 15) is 9.18 Å². The molecule has 164 valence electrons. The number of anilines is 2. The van der Waals surface area contributed by atoms with Crippen molar-refractivity contribution >= 4 is 23.4 Å². The van der Waals surface area contributed by atoms with Gasteiger partial charge in [0.1, 0.15) is 5.82 Å². The molecule has 0 unspecified atom stereocenters. The van der Waals surface area contributed by atoms with Crippen LogP contribution in [0.5, 0.6) is 0 Å². The quantitative estimate of drug-likeness (QED) is 0.440. The summed E-state index contributed by atoms with van der Waals surface area (Å²) in [4.78, 5) is 26.8. The van der Waals surface area contributed by atoms with Crippen molar-refractivity contribution in [2.75, 3.05) is 24.3 Å². The number of halogens is 1. The molecule has 0 aliphatic heterocycles. The molecular weight excluding hydrogens is 425 g/mol. The fourth-order valence-electron chi connectivity index (χ4n) is 3.22. The average molecular weight is 443 g/mol. The lowest BCUT2D eigenvalue weighted by Crippen LogP contribution is -2.11. The minimum atomic E-state index is -0.526. The monoisotopic (exact) mass is 443 g/mol. The topological polar surface area (TPSA) is 101 Å². The maximum atomic E-state index is 14.6. The summed E-state index contributed by atoms with van der Waals surface area (Å²) in [6.07, 6.45) is 4.80. The number of fused-ring (bicyclic) bond motifs is 1. The zero-order valence-corrected chi connectivity index (χ0v) is 17.7. The van der Waals surface area contributed by atoms with Crippen molar-refractivity contribution in [1.29, 1.82) is 0 Å². The molecular formula is C23H18FN7O2. The minimum Gasteiger partial charge on any atom is -0.418 e. The molecule has 0 bridgehead atoms. The molecule has 0 fully saturated rings. The van der Waals surface area contributed by atoms with Gasteiger partial charge in [0.05, 0.1) is 11.8 Å². The Morgan fingerprint density at radius 2 is 1.88 bits per heavy atom. The van der Waals surface area contributed by atoms with E-state index in [0.717, 1.165) is 11.1 Å². The molecule has 0 aliphatic rings. The third-order valence-corrected chi connectivity index (χ3v) is 4.87. The van der Waals surface area contributed by atoms with E-state index in [1.165, 1.54) is 28.9 Å². The van der Waals surface area contributed by atoms with Crippen LogP contribution in [0.1, 0.15) is 10.6 Å². The predicted octanol–water partition coefficient (Wildman–Crippen LogP) is 3.90. The molecule has 1 amide bonds. The summed E-state index contributed by atoms with van der Waals surface area (Å²) in [6.45, 7) is 0. The summed E-state index contributed by atoms with van der Waals surface area (Å²) < 4.78 is 21.5. The minimum absolute atomic E-state index is 0.0353. The summed E-state index contributed by atoms with van der Waals surface area (Å²) >= 11 is 0. The molecule has 3 aromatic heterocycles.